The van der Waals surface area contributed by atoms with Crippen LogP contribution in [0.3, 0.4) is 0 Å². The average Bonchev–Trinajstić information content (AvgIpc) is 3.71. The summed E-state index contributed by atoms with van der Waals surface area (Å²) in [7, 11) is 0. The van der Waals surface area contributed by atoms with Crippen molar-refractivity contribution in [2.75, 3.05) is 105 Å². The van der Waals surface area contributed by atoms with Crippen LogP contribution < -0.4 is 42.5 Å². The molecule has 6 fully saturated rings. The summed E-state index contributed by atoms with van der Waals surface area (Å²) in [6, 6.07) is 0. The Morgan fingerprint density at radius 2 is 1.18 bits per heavy atom. The number of carbonyl (C=O) groups excluding carboxylic acids is 1. The van der Waals surface area contributed by atoms with Crippen molar-refractivity contribution in [2.45, 2.75) is 82.8 Å². The molecule has 6 saturated heterocycles. The third-order valence-electron chi connectivity index (χ3n) is 7.43. The number of morpholine rings is 1. The fraction of sp³-hybridized carbons (Fsp3) is 0.906. The first-order valence-corrected chi connectivity index (χ1v) is 17.5. The maximum Gasteiger partial charge on any atom is 0.234 e. The predicted octanol–water partition coefficient (Wildman–Crippen LogP) is -0.213. The largest absolute Gasteiger partial charge is 0.393 e. The van der Waals surface area contributed by atoms with Crippen molar-refractivity contribution in [1.82, 2.24) is 42.5 Å². The van der Waals surface area contributed by atoms with Crippen molar-refractivity contribution in [3.63, 3.8) is 0 Å². The minimum atomic E-state index is -0.0752. The summed E-state index contributed by atoms with van der Waals surface area (Å²) in [5.74, 6) is 0.103. The first-order valence-electron chi connectivity index (χ1n) is 17.5. The lowest BCUT2D eigenvalue weighted by Crippen LogP contribution is -2.44. The van der Waals surface area contributed by atoms with Gasteiger partial charge in [-0.2, -0.15) is 0 Å². The molecule has 0 aliphatic carbocycles. The molecule has 0 spiro atoms. The van der Waals surface area contributed by atoms with Crippen LogP contribution in [-0.2, 0) is 9.53 Å². The summed E-state index contributed by atoms with van der Waals surface area (Å²) in [6.45, 7) is 16.0. The van der Waals surface area contributed by atoms with Crippen molar-refractivity contribution in [1.29, 1.82) is 0 Å². The summed E-state index contributed by atoms with van der Waals surface area (Å²) in [6.07, 6.45) is 17.6. The molecule has 12 nitrogen and oxygen atoms in total. The Labute approximate surface area is 268 Å². The van der Waals surface area contributed by atoms with Crippen LogP contribution in [0.5, 0.6) is 0 Å². The smallest absolute Gasteiger partial charge is 0.234 e. The second kappa shape index (κ2) is 33.0. The molecule has 1 unspecified atom stereocenters. The van der Waals surface area contributed by atoms with Crippen molar-refractivity contribution < 1.29 is 19.7 Å². The Morgan fingerprint density at radius 3 is 1.41 bits per heavy atom. The highest BCUT2D eigenvalue weighted by molar-refractivity contribution is 5.78. The summed E-state index contributed by atoms with van der Waals surface area (Å²) >= 11 is 0. The van der Waals surface area contributed by atoms with Crippen LogP contribution in [0.25, 0.3) is 0 Å². The number of piperidine rings is 3. The molecule has 1 atom stereocenters. The van der Waals surface area contributed by atoms with Crippen molar-refractivity contribution in [3.05, 3.63) is 12.3 Å². The lowest BCUT2D eigenvalue weighted by molar-refractivity contribution is -0.121. The standard InChI is InChI=1S/2C5H11NO.C5H11N.C5H9N.C4H8N2O.C4H9NO.C4H9N/c7-5-1-3-6-4-2-5;7-5-2-1-3-6-4-5;2*1-2-4-6-5-3-1;7-4-3-5-1-2-6-4;1-3-6-4-2-5-1;1-2-4-5-3-1/h2*5-7H,1-4H2;6H,1-5H2;2,4,6H,1,3,5H2;5H,1-3H2,(H,6,7);5H,1-4H2;5H,1-4H2. The van der Waals surface area contributed by atoms with Gasteiger partial charge in [-0.25, -0.2) is 0 Å². The molecule has 7 aliphatic rings. The highest BCUT2D eigenvalue weighted by Gasteiger charge is 2.07. The zero-order valence-corrected chi connectivity index (χ0v) is 27.6. The molecule has 0 bridgehead atoms. The van der Waals surface area contributed by atoms with E-state index in [1.165, 1.54) is 71.1 Å². The number of piperazine rings is 1. The molecule has 0 radical (unpaired) electrons. The fourth-order valence-corrected chi connectivity index (χ4v) is 4.71. The van der Waals surface area contributed by atoms with E-state index in [-0.39, 0.29) is 18.1 Å². The number of amides is 1. The Hall–Kier alpha value is -1.35. The maximum absolute atomic E-state index is 10.3. The molecule has 0 aromatic carbocycles. The highest BCUT2D eigenvalue weighted by atomic mass is 16.5. The van der Waals surface area contributed by atoms with Gasteiger partial charge in [0.1, 0.15) is 0 Å². The number of aliphatic hydroxyl groups is 2. The topological polar surface area (TPSA) is 163 Å². The Balaban J connectivity index is 0.000000257. The quantitative estimate of drug-likeness (QED) is 0.173. The normalized spacial score (nSPS) is 24.7. The first-order chi connectivity index (χ1) is 21.7. The van der Waals surface area contributed by atoms with Gasteiger partial charge >= 0.3 is 0 Å². The number of hydrogen-bond acceptors (Lipinski definition) is 11. The van der Waals surface area contributed by atoms with E-state index in [1.54, 1.807) is 0 Å². The SMILES string of the molecule is C1=CNCCC1.C1CCNC1.C1CCNCC1.C1COCCN1.O=C1CNCCN1.OC1CCCNC1.OC1CCNCC1. The summed E-state index contributed by atoms with van der Waals surface area (Å²) in [5.41, 5.74) is 0. The first kappa shape index (κ1) is 40.7. The van der Waals surface area contributed by atoms with Crippen LogP contribution in [0.15, 0.2) is 12.3 Å². The molecule has 0 saturated carbocycles. The van der Waals surface area contributed by atoms with E-state index in [4.69, 9.17) is 14.9 Å². The van der Waals surface area contributed by atoms with Crippen LogP contribution in [0.4, 0.5) is 0 Å². The third-order valence-corrected chi connectivity index (χ3v) is 7.43. The summed E-state index contributed by atoms with van der Waals surface area (Å²) in [4.78, 5) is 10.3. The number of β-amino-alcohol motifs (C(OH)–C–C–N with tert-alkyl or cyclic N) is 1. The Morgan fingerprint density at radius 1 is 0.568 bits per heavy atom. The second-order valence-electron chi connectivity index (χ2n) is 11.6. The molecular formula is C32H68N8O4. The zero-order valence-electron chi connectivity index (χ0n) is 27.6. The molecule has 44 heavy (non-hydrogen) atoms. The number of nitrogens with one attached hydrogen (secondary N) is 8. The van der Waals surface area contributed by atoms with Crippen LogP contribution in [0.2, 0.25) is 0 Å². The maximum atomic E-state index is 10.3. The van der Waals surface area contributed by atoms with Crippen LogP contribution in [0, 0.1) is 0 Å². The molecule has 0 aromatic heterocycles. The van der Waals surface area contributed by atoms with Crippen LogP contribution in [0.1, 0.15) is 70.6 Å². The van der Waals surface area contributed by atoms with E-state index in [9.17, 15) is 4.79 Å². The molecule has 7 aliphatic heterocycles. The van der Waals surface area contributed by atoms with Crippen LogP contribution >= 0.6 is 0 Å². The van der Waals surface area contributed by atoms with Gasteiger partial charge < -0.3 is 57.5 Å². The van der Waals surface area contributed by atoms with Gasteiger partial charge in [-0.15, -0.1) is 0 Å². The van der Waals surface area contributed by atoms with Gasteiger partial charge in [0.05, 0.1) is 32.0 Å². The average molecular weight is 629 g/mol. The van der Waals surface area contributed by atoms with E-state index in [0.717, 1.165) is 97.8 Å². The molecule has 10 N–H and O–H groups in total. The summed E-state index contributed by atoms with van der Waals surface area (Å²) < 4.78 is 5.01. The minimum Gasteiger partial charge on any atom is -0.393 e. The summed E-state index contributed by atoms with van der Waals surface area (Å²) in [5, 5.41) is 42.3. The minimum absolute atomic E-state index is 0.0266. The molecular weight excluding hydrogens is 560 g/mol. The lowest BCUT2D eigenvalue weighted by atomic mass is 10.1. The molecule has 7 rings (SSSR count). The number of carbonyl (C=O) groups is 1. The number of hydrogen-bond donors (Lipinski definition) is 10. The van der Waals surface area contributed by atoms with Gasteiger partial charge in [0, 0.05) is 39.3 Å². The number of rotatable bonds is 0. The van der Waals surface area contributed by atoms with Gasteiger partial charge in [0.2, 0.25) is 5.91 Å². The lowest BCUT2D eigenvalue weighted by Gasteiger charge is -2.16. The Bertz CT molecular complexity index is 549. The van der Waals surface area contributed by atoms with Gasteiger partial charge in [0.25, 0.3) is 0 Å². The monoisotopic (exact) mass is 629 g/mol. The zero-order chi connectivity index (χ0) is 31.6. The molecule has 0 aromatic rings. The molecule has 1 amide bonds. The second-order valence-corrected chi connectivity index (χ2v) is 11.6. The van der Waals surface area contributed by atoms with E-state index in [0.29, 0.717) is 6.54 Å². The van der Waals surface area contributed by atoms with E-state index in [2.05, 4.69) is 48.6 Å². The number of ether oxygens (including phenoxy) is 1. The van der Waals surface area contributed by atoms with Gasteiger partial charge in [-0.1, -0.05) is 12.5 Å². The van der Waals surface area contributed by atoms with Gasteiger partial charge in [-0.3, -0.25) is 4.79 Å². The molecule has 7 heterocycles. The highest BCUT2D eigenvalue weighted by Crippen LogP contribution is 2.00. The van der Waals surface area contributed by atoms with Crippen molar-refractivity contribution in [2.24, 2.45) is 0 Å². The molecule has 260 valence electrons. The van der Waals surface area contributed by atoms with E-state index < -0.39 is 0 Å². The molecule has 12 heteroatoms. The van der Waals surface area contributed by atoms with Gasteiger partial charge in [-0.05, 0) is 116 Å². The van der Waals surface area contributed by atoms with Crippen molar-refractivity contribution in [3.8, 4) is 0 Å². The fourth-order valence-electron chi connectivity index (χ4n) is 4.71. The number of aliphatic hydroxyl groups excluding tert-OH is 2. The third kappa shape index (κ3) is 30.7. The van der Waals surface area contributed by atoms with Crippen molar-refractivity contribution >= 4 is 5.91 Å². The van der Waals surface area contributed by atoms with E-state index in [1.807, 2.05) is 6.20 Å². The van der Waals surface area contributed by atoms with Crippen LogP contribution in [-0.4, -0.2) is 133 Å². The van der Waals surface area contributed by atoms with Gasteiger partial charge in [0.15, 0.2) is 0 Å². The predicted molar refractivity (Wildman–Crippen MR) is 181 cm³/mol. The van der Waals surface area contributed by atoms with E-state index >= 15 is 0 Å². The Kier molecular flexibility index (Phi) is 30.5. The number of allylic oxidation sites excluding steroid dienone is 1.